The highest BCUT2D eigenvalue weighted by Crippen LogP contribution is 2.28. The Balaban J connectivity index is 3.08. The molecule has 1 rings (SSSR count). The number of aromatic nitrogens is 1. The van der Waals surface area contributed by atoms with Crippen molar-refractivity contribution in [3.8, 4) is 5.75 Å². The van der Waals surface area contributed by atoms with Crippen LogP contribution in [-0.2, 0) is 5.88 Å². The van der Waals surface area contributed by atoms with Gasteiger partial charge in [-0.25, -0.2) is 4.98 Å². The fraction of sp³-hybridized carbons (Fsp3) is 0.375. The topological polar surface area (TPSA) is 22.1 Å². The van der Waals surface area contributed by atoms with Gasteiger partial charge in [-0.1, -0.05) is 0 Å². The standard InChI is InChI=1S/C8H6ClF3INO/c1-4-6(15-8(10,11)12)2-5(3-9)7(13)14-4/h2H,3H2,1H3. The van der Waals surface area contributed by atoms with Crippen LogP contribution in [0.15, 0.2) is 6.07 Å². The van der Waals surface area contributed by atoms with E-state index in [2.05, 4.69) is 9.72 Å². The minimum absolute atomic E-state index is 0.0970. The Labute approximate surface area is 103 Å². The van der Waals surface area contributed by atoms with E-state index < -0.39 is 6.36 Å². The van der Waals surface area contributed by atoms with Crippen LogP contribution in [0, 0.1) is 10.6 Å². The van der Waals surface area contributed by atoms with Gasteiger partial charge in [-0.2, -0.15) is 0 Å². The van der Waals surface area contributed by atoms with Crippen LogP contribution >= 0.6 is 34.2 Å². The summed E-state index contributed by atoms with van der Waals surface area (Å²) in [6.07, 6.45) is -4.71. The summed E-state index contributed by atoms with van der Waals surface area (Å²) in [4.78, 5) is 3.91. The van der Waals surface area contributed by atoms with Gasteiger partial charge in [0.1, 0.15) is 3.70 Å². The number of nitrogens with zero attached hydrogens (tertiary/aromatic N) is 1. The first-order valence-electron chi connectivity index (χ1n) is 3.81. The van der Waals surface area contributed by atoms with Crippen molar-refractivity contribution in [2.45, 2.75) is 19.2 Å². The molecule has 0 aliphatic rings. The smallest absolute Gasteiger partial charge is 0.404 e. The zero-order valence-electron chi connectivity index (χ0n) is 7.53. The van der Waals surface area contributed by atoms with E-state index in [1.807, 2.05) is 22.6 Å². The zero-order chi connectivity index (χ0) is 11.6. The molecular formula is C8H6ClF3INO. The number of pyridine rings is 1. The quantitative estimate of drug-likeness (QED) is 0.461. The second-order valence-corrected chi connectivity index (χ2v) is 3.99. The third kappa shape index (κ3) is 3.67. The maximum absolute atomic E-state index is 12.0. The van der Waals surface area contributed by atoms with Crippen molar-refractivity contribution < 1.29 is 17.9 Å². The largest absolute Gasteiger partial charge is 0.573 e. The maximum atomic E-state index is 12.0. The van der Waals surface area contributed by atoms with Gasteiger partial charge in [0.15, 0.2) is 5.75 Å². The minimum Gasteiger partial charge on any atom is -0.404 e. The summed E-state index contributed by atoms with van der Waals surface area (Å²) in [7, 11) is 0. The molecule has 0 bridgehead atoms. The lowest BCUT2D eigenvalue weighted by molar-refractivity contribution is -0.275. The number of rotatable bonds is 2. The molecule has 0 aromatic carbocycles. The lowest BCUT2D eigenvalue weighted by atomic mass is 10.2. The number of alkyl halides is 4. The molecule has 0 fully saturated rings. The monoisotopic (exact) mass is 351 g/mol. The molecule has 1 aromatic heterocycles. The number of hydrogen-bond donors (Lipinski definition) is 0. The predicted octanol–water partition coefficient (Wildman–Crippen LogP) is 3.63. The van der Waals surface area contributed by atoms with Gasteiger partial charge < -0.3 is 4.74 Å². The van der Waals surface area contributed by atoms with Gasteiger partial charge in [0, 0.05) is 5.56 Å². The van der Waals surface area contributed by atoms with Crippen molar-refractivity contribution >= 4 is 34.2 Å². The highest BCUT2D eigenvalue weighted by Gasteiger charge is 2.32. The molecular weight excluding hydrogens is 345 g/mol. The van der Waals surface area contributed by atoms with Crippen molar-refractivity contribution in [2.75, 3.05) is 0 Å². The molecule has 0 radical (unpaired) electrons. The van der Waals surface area contributed by atoms with Crippen LogP contribution in [0.2, 0.25) is 0 Å². The average molecular weight is 351 g/mol. The minimum atomic E-state index is -4.71. The highest BCUT2D eigenvalue weighted by atomic mass is 127. The van der Waals surface area contributed by atoms with Gasteiger partial charge in [-0.15, -0.1) is 24.8 Å². The third-order valence-corrected chi connectivity index (χ3v) is 2.78. The van der Waals surface area contributed by atoms with E-state index in [1.165, 1.54) is 13.0 Å². The molecule has 0 atom stereocenters. The lowest BCUT2D eigenvalue weighted by Crippen LogP contribution is -2.18. The van der Waals surface area contributed by atoms with Gasteiger partial charge in [0.2, 0.25) is 0 Å². The summed E-state index contributed by atoms with van der Waals surface area (Å²) in [6, 6.07) is 1.25. The molecule has 1 heterocycles. The van der Waals surface area contributed by atoms with Crippen LogP contribution < -0.4 is 4.74 Å². The molecule has 84 valence electrons. The molecule has 0 unspecified atom stereocenters. The molecule has 0 aliphatic heterocycles. The van der Waals surface area contributed by atoms with Crippen molar-refractivity contribution in [2.24, 2.45) is 0 Å². The molecule has 0 saturated heterocycles. The highest BCUT2D eigenvalue weighted by molar-refractivity contribution is 14.1. The summed E-state index contributed by atoms with van der Waals surface area (Å²) in [6.45, 7) is 1.45. The molecule has 1 aromatic rings. The summed E-state index contributed by atoms with van der Waals surface area (Å²) in [5, 5.41) is 0. The van der Waals surface area contributed by atoms with Gasteiger partial charge in [0.05, 0.1) is 11.6 Å². The van der Waals surface area contributed by atoms with E-state index in [1.54, 1.807) is 0 Å². The molecule has 7 heteroatoms. The molecule has 0 N–H and O–H groups in total. The van der Waals surface area contributed by atoms with E-state index in [4.69, 9.17) is 11.6 Å². The van der Waals surface area contributed by atoms with E-state index in [-0.39, 0.29) is 17.3 Å². The molecule has 2 nitrogen and oxygen atoms in total. The van der Waals surface area contributed by atoms with Gasteiger partial charge in [-0.05, 0) is 35.6 Å². The summed E-state index contributed by atoms with van der Waals surface area (Å²) >= 11 is 7.45. The Morgan fingerprint density at radius 2 is 2.13 bits per heavy atom. The Hall–Kier alpha value is -0.240. The summed E-state index contributed by atoms with van der Waals surface area (Å²) in [5.41, 5.74) is 0.702. The average Bonchev–Trinajstić information content (AvgIpc) is 2.07. The van der Waals surface area contributed by atoms with Crippen molar-refractivity contribution in [1.29, 1.82) is 0 Å². The van der Waals surface area contributed by atoms with E-state index in [0.717, 1.165) is 0 Å². The first-order valence-corrected chi connectivity index (χ1v) is 5.42. The SMILES string of the molecule is Cc1nc(I)c(CCl)cc1OC(F)(F)F. The second kappa shape index (κ2) is 4.73. The van der Waals surface area contributed by atoms with Gasteiger partial charge in [0.25, 0.3) is 0 Å². The van der Waals surface area contributed by atoms with E-state index in [9.17, 15) is 13.2 Å². The molecule has 15 heavy (non-hydrogen) atoms. The van der Waals surface area contributed by atoms with Crippen molar-refractivity contribution in [1.82, 2.24) is 4.98 Å². The number of ether oxygens (including phenoxy) is 1. The van der Waals surface area contributed by atoms with Crippen molar-refractivity contribution in [3.63, 3.8) is 0 Å². The third-order valence-electron chi connectivity index (χ3n) is 1.56. The maximum Gasteiger partial charge on any atom is 0.573 e. The number of aryl methyl sites for hydroxylation is 1. The Kier molecular flexibility index (Phi) is 4.05. The van der Waals surface area contributed by atoms with Gasteiger partial charge >= 0.3 is 6.36 Å². The second-order valence-electron chi connectivity index (χ2n) is 2.70. The first-order chi connectivity index (χ1) is 6.83. The molecule has 0 amide bonds. The zero-order valence-corrected chi connectivity index (χ0v) is 10.4. The van der Waals surface area contributed by atoms with E-state index >= 15 is 0 Å². The number of halogens is 5. The van der Waals surface area contributed by atoms with Crippen LogP contribution in [0.3, 0.4) is 0 Å². The molecule has 0 spiro atoms. The predicted molar refractivity (Wildman–Crippen MR) is 57.9 cm³/mol. The lowest BCUT2D eigenvalue weighted by Gasteiger charge is -2.12. The summed E-state index contributed by atoms with van der Waals surface area (Å²) in [5.74, 6) is -0.210. The number of hydrogen-bond acceptors (Lipinski definition) is 2. The Morgan fingerprint density at radius 1 is 1.53 bits per heavy atom. The van der Waals surface area contributed by atoms with Crippen molar-refractivity contribution in [3.05, 3.63) is 21.0 Å². The summed E-state index contributed by atoms with van der Waals surface area (Å²) < 4.78 is 40.3. The fourth-order valence-corrected chi connectivity index (χ4v) is 2.06. The van der Waals surface area contributed by atoms with E-state index in [0.29, 0.717) is 9.26 Å². The normalized spacial score (nSPS) is 11.6. The van der Waals surface area contributed by atoms with Crippen LogP contribution in [-0.4, -0.2) is 11.3 Å². The van der Waals surface area contributed by atoms with Gasteiger partial charge in [-0.3, -0.25) is 0 Å². The molecule has 0 saturated carbocycles. The van der Waals surface area contributed by atoms with Crippen LogP contribution in [0.25, 0.3) is 0 Å². The van der Waals surface area contributed by atoms with Crippen LogP contribution in [0.5, 0.6) is 5.75 Å². The fourth-order valence-electron chi connectivity index (χ4n) is 0.918. The van der Waals surface area contributed by atoms with Crippen LogP contribution in [0.1, 0.15) is 11.3 Å². The first kappa shape index (κ1) is 12.8. The van der Waals surface area contributed by atoms with Crippen LogP contribution in [0.4, 0.5) is 13.2 Å². The Morgan fingerprint density at radius 3 is 2.60 bits per heavy atom. The Bertz CT molecular complexity index is 370. The molecule has 0 aliphatic carbocycles.